The molecule has 54 valence electrons. The summed E-state index contributed by atoms with van der Waals surface area (Å²) in [5.74, 6) is 1.08. The topological polar surface area (TPSA) is 17.1 Å². The van der Waals surface area contributed by atoms with Crippen LogP contribution in [0, 0.1) is 5.92 Å². The molecule has 1 atom stereocenters. The number of carbonyl (C=O) groups is 1. The van der Waals surface area contributed by atoms with Crippen LogP contribution in [0.3, 0.4) is 0 Å². The highest BCUT2D eigenvalue weighted by Gasteiger charge is 2.27. The van der Waals surface area contributed by atoms with Crippen LogP contribution in [0.15, 0.2) is 11.6 Å². The van der Waals surface area contributed by atoms with Gasteiger partial charge in [0.1, 0.15) is 0 Å². The Labute approximate surface area is 61.1 Å². The third-order valence-electron chi connectivity index (χ3n) is 2.60. The van der Waals surface area contributed by atoms with Crippen molar-refractivity contribution in [2.75, 3.05) is 0 Å². The molecule has 1 fully saturated rings. The molecular weight excluding hydrogens is 124 g/mol. The monoisotopic (exact) mass is 136 g/mol. The number of rotatable bonds is 0. The van der Waals surface area contributed by atoms with Crippen LogP contribution in [0.1, 0.15) is 32.1 Å². The molecule has 0 aromatic rings. The van der Waals surface area contributed by atoms with Crippen molar-refractivity contribution < 1.29 is 4.79 Å². The molecule has 0 bridgehead atoms. The number of carbonyl (C=O) groups excluding carboxylic acids is 1. The minimum absolute atomic E-state index is 0.425. The van der Waals surface area contributed by atoms with Crippen molar-refractivity contribution in [3.63, 3.8) is 0 Å². The number of Topliss-reactive ketones (excluding diaryl/α,β-unsaturated/α-hetero) is 1. The van der Waals surface area contributed by atoms with Crippen LogP contribution in [0.5, 0.6) is 0 Å². The van der Waals surface area contributed by atoms with Gasteiger partial charge in [0.05, 0.1) is 0 Å². The highest BCUT2D eigenvalue weighted by molar-refractivity contribution is 5.96. The SMILES string of the molecule is O=C1CCC[C@H]2CCC=C12. The molecule has 0 spiro atoms. The Morgan fingerprint density at radius 3 is 3.10 bits per heavy atom. The summed E-state index contributed by atoms with van der Waals surface area (Å²) in [5, 5.41) is 0. The van der Waals surface area contributed by atoms with Gasteiger partial charge < -0.3 is 0 Å². The average molecular weight is 136 g/mol. The zero-order chi connectivity index (χ0) is 6.97. The highest BCUT2D eigenvalue weighted by atomic mass is 16.1. The molecule has 0 saturated heterocycles. The summed E-state index contributed by atoms with van der Waals surface area (Å²) >= 11 is 0. The van der Waals surface area contributed by atoms with Gasteiger partial charge >= 0.3 is 0 Å². The Bertz CT molecular complexity index is 191. The van der Waals surface area contributed by atoms with Gasteiger partial charge in [-0.25, -0.2) is 0 Å². The van der Waals surface area contributed by atoms with Crippen molar-refractivity contribution in [3.05, 3.63) is 11.6 Å². The maximum Gasteiger partial charge on any atom is 0.158 e. The lowest BCUT2D eigenvalue weighted by Gasteiger charge is -2.18. The van der Waals surface area contributed by atoms with Crippen molar-refractivity contribution in [1.29, 1.82) is 0 Å². The third-order valence-corrected chi connectivity index (χ3v) is 2.60. The number of hydrogen-bond donors (Lipinski definition) is 0. The lowest BCUT2D eigenvalue weighted by Crippen LogP contribution is -2.15. The molecule has 1 heteroatoms. The first-order valence-electron chi connectivity index (χ1n) is 4.11. The van der Waals surface area contributed by atoms with Gasteiger partial charge in [0.25, 0.3) is 0 Å². The summed E-state index contributed by atoms with van der Waals surface area (Å²) in [6.07, 6.45) is 7.72. The standard InChI is InChI=1S/C9H12O/c10-9-6-2-4-7-3-1-5-8(7)9/h5,7H,1-4,6H2/t7-/m1/s1. The normalized spacial score (nSPS) is 31.8. The summed E-state index contributed by atoms with van der Waals surface area (Å²) in [4.78, 5) is 11.2. The Balaban J connectivity index is 2.22. The first kappa shape index (κ1) is 6.14. The van der Waals surface area contributed by atoms with Crippen LogP contribution in [0.2, 0.25) is 0 Å². The molecule has 2 aliphatic rings. The molecule has 0 aliphatic heterocycles. The fourth-order valence-corrected chi connectivity index (χ4v) is 2.06. The van der Waals surface area contributed by atoms with E-state index in [9.17, 15) is 4.79 Å². The molecule has 10 heavy (non-hydrogen) atoms. The van der Waals surface area contributed by atoms with E-state index >= 15 is 0 Å². The molecule has 0 aromatic carbocycles. The van der Waals surface area contributed by atoms with Gasteiger partial charge in [-0.15, -0.1) is 0 Å². The van der Waals surface area contributed by atoms with Gasteiger partial charge in [0, 0.05) is 6.42 Å². The second-order valence-corrected chi connectivity index (χ2v) is 3.25. The van der Waals surface area contributed by atoms with E-state index in [4.69, 9.17) is 0 Å². The summed E-state index contributed by atoms with van der Waals surface area (Å²) in [6, 6.07) is 0. The first-order chi connectivity index (χ1) is 4.88. The van der Waals surface area contributed by atoms with Crippen LogP contribution < -0.4 is 0 Å². The third kappa shape index (κ3) is 0.808. The van der Waals surface area contributed by atoms with Crippen molar-refractivity contribution in [2.45, 2.75) is 32.1 Å². The van der Waals surface area contributed by atoms with E-state index in [2.05, 4.69) is 6.08 Å². The molecule has 1 nitrogen and oxygen atoms in total. The van der Waals surface area contributed by atoms with Crippen molar-refractivity contribution >= 4 is 5.78 Å². The van der Waals surface area contributed by atoms with E-state index in [-0.39, 0.29) is 0 Å². The lowest BCUT2D eigenvalue weighted by molar-refractivity contribution is -0.117. The summed E-state index contributed by atoms with van der Waals surface area (Å²) in [7, 11) is 0. The number of ketones is 1. The Morgan fingerprint density at radius 2 is 2.30 bits per heavy atom. The molecule has 0 unspecified atom stereocenters. The molecule has 2 rings (SSSR count). The van der Waals surface area contributed by atoms with Crippen LogP contribution in [-0.4, -0.2) is 5.78 Å². The minimum atomic E-state index is 0.425. The van der Waals surface area contributed by atoms with Gasteiger partial charge in [-0.2, -0.15) is 0 Å². The first-order valence-corrected chi connectivity index (χ1v) is 4.11. The Hall–Kier alpha value is -0.590. The fourth-order valence-electron chi connectivity index (χ4n) is 2.06. The molecular formula is C9H12O. The van der Waals surface area contributed by atoms with E-state index in [0.29, 0.717) is 11.7 Å². The summed E-state index contributed by atoms with van der Waals surface area (Å²) in [5.41, 5.74) is 1.16. The fraction of sp³-hybridized carbons (Fsp3) is 0.667. The smallest absolute Gasteiger partial charge is 0.158 e. The molecule has 0 aromatic heterocycles. The summed E-state index contributed by atoms with van der Waals surface area (Å²) in [6.45, 7) is 0. The Morgan fingerprint density at radius 1 is 1.40 bits per heavy atom. The zero-order valence-electron chi connectivity index (χ0n) is 6.10. The van der Waals surface area contributed by atoms with Gasteiger partial charge in [-0.05, 0) is 37.2 Å². The summed E-state index contributed by atoms with van der Waals surface area (Å²) < 4.78 is 0. The highest BCUT2D eigenvalue weighted by Crippen LogP contribution is 2.35. The zero-order valence-corrected chi connectivity index (χ0v) is 6.10. The minimum Gasteiger partial charge on any atom is -0.295 e. The number of hydrogen-bond acceptors (Lipinski definition) is 1. The van der Waals surface area contributed by atoms with E-state index < -0.39 is 0 Å². The molecule has 0 radical (unpaired) electrons. The van der Waals surface area contributed by atoms with Crippen molar-refractivity contribution in [2.24, 2.45) is 5.92 Å². The quantitative estimate of drug-likeness (QED) is 0.498. The van der Waals surface area contributed by atoms with E-state index in [1.807, 2.05) is 0 Å². The predicted octanol–water partition coefficient (Wildman–Crippen LogP) is 2.08. The second kappa shape index (κ2) is 2.22. The predicted molar refractivity (Wildman–Crippen MR) is 39.7 cm³/mol. The van der Waals surface area contributed by atoms with Crippen molar-refractivity contribution in [1.82, 2.24) is 0 Å². The molecule has 1 saturated carbocycles. The van der Waals surface area contributed by atoms with Crippen LogP contribution in [0.4, 0.5) is 0 Å². The molecule has 0 heterocycles. The maximum absolute atomic E-state index is 11.2. The van der Waals surface area contributed by atoms with E-state index in [1.54, 1.807) is 0 Å². The van der Waals surface area contributed by atoms with Crippen molar-refractivity contribution in [3.8, 4) is 0 Å². The largest absolute Gasteiger partial charge is 0.295 e. The maximum atomic E-state index is 11.2. The van der Waals surface area contributed by atoms with Gasteiger partial charge in [0.2, 0.25) is 0 Å². The van der Waals surface area contributed by atoms with Crippen LogP contribution in [0.25, 0.3) is 0 Å². The lowest BCUT2D eigenvalue weighted by atomic mass is 9.85. The molecule has 2 aliphatic carbocycles. The number of allylic oxidation sites excluding steroid dienone is 2. The van der Waals surface area contributed by atoms with E-state index in [1.165, 1.54) is 12.8 Å². The molecule has 0 amide bonds. The average Bonchev–Trinajstić information content (AvgIpc) is 2.36. The van der Waals surface area contributed by atoms with E-state index in [0.717, 1.165) is 24.8 Å². The van der Waals surface area contributed by atoms with Gasteiger partial charge in [0.15, 0.2) is 5.78 Å². The van der Waals surface area contributed by atoms with Gasteiger partial charge in [-0.3, -0.25) is 4.79 Å². The Kier molecular flexibility index (Phi) is 1.37. The second-order valence-electron chi connectivity index (χ2n) is 3.25. The van der Waals surface area contributed by atoms with Gasteiger partial charge in [-0.1, -0.05) is 6.08 Å². The van der Waals surface area contributed by atoms with Crippen LogP contribution >= 0.6 is 0 Å². The number of fused-ring (bicyclic) bond motifs is 1. The van der Waals surface area contributed by atoms with Crippen LogP contribution in [-0.2, 0) is 4.79 Å². The molecule has 0 N–H and O–H groups in total.